The Bertz CT molecular complexity index is 846. The van der Waals surface area contributed by atoms with Crippen LogP contribution in [0.2, 0.25) is 0 Å². The Labute approximate surface area is 134 Å². The average Bonchev–Trinajstić information content (AvgIpc) is 2.97. The molecule has 2 heterocycles. The lowest BCUT2D eigenvalue weighted by atomic mass is 10.1. The molecule has 126 valence electrons. The first-order valence-electron chi connectivity index (χ1n) is 7.31. The molecule has 0 N–H and O–H groups in total. The van der Waals surface area contributed by atoms with Crippen molar-refractivity contribution in [3.05, 3.63) is 29.7 Å². The predicted octanol–water partition coefficient (Wildman–Crippen LogP) is 2.81. The fourth-order valence-electron chi connectivity index (χ4n) is 2.97. The second-order valence-corrected chi connectivity index (χ2v) is 8.92. The number of rotatable bonds is 3. The molecule has 8 heteroatoms. The number of hydroxylamine groups is 2. The van der Waals surface area contributed by atoms with Crippen LogP contribution in [0.15, 0.2) is 22.7 Å². The summed E-state index contributed by atoms with van der Waals surface area (Å²) >= 11 is 0. The average molecular weight is 342 g/mol. The van der Waals surface area contributed by atoms with Gasteiger partial charge in [-0.3, -0.25) is 4.84 Å². The molecule has 0 spiro atoms. The third kappa shape index (κ3) is 2.75. The summed E-state index contributed by atoms with van der Waals surface area (Å²) in [6.45, 7) is 5.26. The molecule has 6 nitrogen and oxygen atoms in total. The van der Waals surface area contributed by atoms with Gasteiger partial charge in [0.05, 0.1) is 5.60 Å². The van der Waals surface area contributed by atoms with Gasteiger partial charge in [0, 0.05) is 24.9 Å². The number of halogens is 1. The largest absolute Gasteiger partial charge is 0.356 e. The number of aromatic nitrogens is 1. The molecule has 0 saturated carbocycles. The minimum atomic E-state index is -3.60. The molecule has 23 heavy (non-hydrogen) atoms. The van der Waals surface area contributed by atoms with Crippen molar-refractivity contribution in [2.24, 2.45) is 0 Å². The van der Waals surface area contributed by atoms with E-state index in [2.05, 4.69) is 5.16 Å². The van der Waals surface area contributed by atoms with Crippen LogP contribution in [-0.2, 0) is 14.7 Å². The molecular weight excluding hydrogens is 323 g/mol. The third-order valence-corrected chi connectivity index (χ3v) is 6.61. The van der Waals surface area contributed by atoms with Gasteiger partial charge in [-0.05, 0) is 32.9 Å². The molecule has 2 atom stereocenters. The summed E-state index contributed by atoms with van der Waals surface area (Å²) in [5, 5.41) is 4.09. The molecule has 1 aromatic heterocycles. The lowest BCUT2D eigenvalue weighted by Gasteiger charge is -2.21. The monoisotopic (exact) mass is 342 g/mol. The van der Waals surface area contributed by atoms with E-state index < -0.39 is 31.9 Å². The van der Waals surface area contributed by atoms with Crippen LogP contribution in [0.4, 0.5) is 4.39 Å². The fourth-order valence-corrected chi connectivity index (χ4v) is 5.02. The van der Waals surface area contributed by atoms with Gasteiger partial charge >= 0.3 is 0 Å². The molecule has 1 unspecified atom stereocenters. The summed E-state index contributed by atoms with van der Waals surface area (Å²) in [5.74, 6) is -0.457. The van der Waals surface area contributed by atoms with Crippen LogP contribution in [0.1, 0.15) is 38.1 Å². The first kappa shape index (κ1) is 16.4. The summed E-state index contributed by atoms with van der Waals surface area (Å²) in [4.78, 5) is 5.58. The third-order valence-electron chi connectivity index (χ3n) is 4.18. The van der Waals surface area contributed by atoms with E-state index in [0.717, 1.165) is 0 Å². The number of hydrogen-bond donors (Lipinski definition) is 0. The van der Waals surface area contributed by atoms with Gasteiger partial charge in [-0.25, -0.2) is 12.8 Å². The lowest BCUT2D eigenvalue weighted by Crippen LogP contribution is -2.34. The molecule has 0 amide bonds. The Morgan fingerprint density at radius 2 is 2.13 bits per heavy atom. The van der Waals surface area contributed by atoms with Crippen LogP contribution in [0.3, 0.4) is 0 Å². The molecule has 1 aliphatic heterocycles. The first-order chi connectivity index (χ1) is 10.6. The zero-order valence-electron chi connectivity index (χ0n) is 13.4. The molecule has 1 aliphatic rings. The Morgan fingerprint density at radius 3 is 2.74 bits per heavy atom. The first-order valence-corrected chi connectivity index (χ1v) is 8.92. The highest BCUT2D eigenvalue weighted by Gasteiger charge is 2.47. The second kappa shape index (κ2) is 5.25. The molecule has 0 bridgehead atoms. The van der Waals surface area contributed by atoms with E-state index in [1.54, 1.807) is 14.0 Å². The number of hydrogen-bond acceptors (Lipinski definition) is 6. The maximum absolute atomic E-state index is 13.2. The molecule has 2 aromatic rings. The molecular formula is C15H19FN2O4S. The predicted molar refractivity (Wildman–Crippen MR) is 82.6 cm³/mol. The van der Waals surface area contributed by atoms with Crippen LogP contribution in [0, 0.1) is 5.82 Å². The minimum Gasteiger partial charge on any atom is -0.356 e. The molecule has 1 saturated heterocycles. The summed E-state index contributed by atoms with van der Waals surface area (Å²) in [6, 6.07) is 3.94. The van der Waals surface area contributed by atoms with Crippen molar-refractivity contribution in [2.75, 3.05) is 7.05 Å². The van der Waals surface area contributed by atoms with Gasteiger partial charge in [0.15, 0.2) is 15.4 Å². The lowest BCUT2D eigenvalue weighted by molar-refractivity contribution is -0.168. The maximum Gasteiger partial charge on any atom is 0.177 e. The van der Waals surface area contributed by atoms with E-state index in [4.69, 9.17) is 9.36 Å². The van der Waals surface area contributed by atoms with Crippen molar-refractivity contribution >= 4 is 20.8 Å². The smallest absolute Gasteiger partial charge is 0.177 e. The highest BCUT2D eigenvalue weighted by atomic mass is 32.2. The van der Waals surface area contributed by atoms with Crippen molar-refractivity contribution in [1.29, 1.82) is 0 Å². The summed E-state index contributed by atoms with van der Waals surface area (Å²) in [7, 11) is -1.99. The SMILES string of the molecule is C[C@H](c1noc2cc(F)ccc12)S(=O)(=O)C1CC(C)(C)ON1C. The zero-order chi connectivity index (χ0) is 17.0. The van der Waals surface area contributed by atoms with Crippen LogP contribution in [0.25, 0.3) is 11.0 Å². The molecule has 0 radical (unpaired) electrons. The molecule has 1 fully saturated rings. The maximum atomic E-state index is 13.2. The Morgan fingerprint density at radius 1 is 1.43 bits per heavy atom. The summed E-state index contributed by atoms with van der Waals surface area (Å²) in [6.07, 6.45) is 0.362. The van der Waals surface area contributed by atoms with E-state index >= 15 is 0 Å². The standard InChI is InChI=1S/C15H19FN2O4S/c1-9(14-11-6-5-10(16)7-12(11)21-17-14)23(19,20)13-8-15(2,3)22-18(13)4/h5-7,9,13H,8H2,1-4H3/t9-,13?/m1/s1. The highest BCUT2D eigenvalue weighted by molar-refractivity contribution is 7.92. The fraction of sp³-hybridized carbons (Fsp3) is 0.533. The van der Waals surface area contributed by atoms with Gasteiger partial charge in [0.25, 0.3) is 0 Å². The number of fused-ring (bicyclic) bond motifs is 1. The van der Waals surface area contributed by atoms with Gasteiger partial charge in [-0.2, -0.15) is 5.06 Å². The van der Waals surface area contributed by atoms with Crippen LogP contribution < -0.4 is 0 Å². The Hall–Kier alpha value is -1.51. The quantitative estimate of drug-likeness (QED) is 0.854. The number of sulfone groups is 1. The summed E-state index contributed by atoms with van der Waals surface area (Å²) in [5.41, 5.74) is -0.0159. The van der Waals surface area contributed by atoms with Gasteiger partial charge in [0.2, 0.25) is 0 Å². The van der Waals surface area contributed by atoms with Gasteiger partial charge in [-0.15, -0.1) is 0 Å². The molecule has 3 rings (SSSR count). The van der Waals surface area contributed by atoms with Crippen LogP contribution in [-0.4, -0.2) is 36.7 Å². The van der Waals surface area contributed by atoms with Crippen LogP contribution in [0.5, 0.6) is 0 Å². The van der Waals surface area contributed by atoms with Crippen molar-refractivity contribution < 1.29 is 22.2 Å². The Kier molecular flexibility index (Phi) is 3.74. The highest BCUT2D eigenvalue weighted by Crippen LogP contribution is 2.38. The van der Waals surface area contributed by atoms with Crippen molar-refractivity contribution in [3.8, 4) is 0 Å². The number of nitrogens with zero attached hydrogens (tertiary/aromatic N) is 2. The van der Waals surface area contributed by atoms with E-state index in [9.17, 15) is 12.8 Å². The van der Waals surface area contributed by atoms with Gasteiger partial charge in [-0.1, -0.05) is 5.16 Å². The van der Waals surface area contributed by atoms with Crippen molar-refractivity contribution in [2.45, 2.75) is 43.4 Å². The topological polar surface area (TPSA) is 72.6 Å². The van der Waals surface area contributed by atoms with Crippen molar-refractivity contribution in [3.63, 3.8) is 0 Å². The zero-order valence-corrected chi connectivity index (χ0v) is 14.2. The van der Waals surface area contributed by atoms with Crippen molar-refractivity contribution in [1.82, 2.24) is 10.2 Å². The summed E-state index contributed by atoms with van der Waals surface area (Å²) < 4.78 is 44.2. The van der Waals surface area contributed by atoms with E-state index in [-0.39, 0.29) is 11.3 Å². The van der Waals surface area contributed by atoms with Gasteiger partial charge < -0.3 is 4.52 Å². The van der Waals surface area contributed by atoms with E-state index in [1.807, 2.05) is 13.8 Å². The van der Waals surface area contributed by atoms with Gasteiger partial charge in [0.1, 0.15) is 22.1 Å². The van der Waals surface area contributed by atoms with E-state index in [0.29, 0.717) is 11.8 Å². The Balaban J connectivity index is 1.99. The molecule has 1 aromatic carbocycles. The molecule has 0 aliphatic carbocycles. The minimum absolute atomic E-state index is 0.235. The van der Waals surface area contributed by atoms with E-state index in [1.165, 1.54) is 23.3 Å². The normalized spacial score (nSPS) is 23.4. The second-order valence-electron chi connectivity index (χ2n) is 6.50. The van der Waals surface area contributed by atoms with Crippen LogP contribution >= 0.6 is 0 Å². The number of benzene rings is 1.